The summed E-state index contributed by atoms with van der Waals surface area (Å²) in [5.41, 5.74) is -0.631. The highest BCUT2D eigenvalue weighted by Crippen LogP contribution is 2.32. The Morgan fingerprint density at radius 3 is 2.69 bits per heavy atom. The molecule has 2 fully saturated rings. The minimum atomic E-state index is -0.651. The molecule has 2 rings (SSSR count). The van der Waals surface area contributed by atoms with Crippen LogP contribution >= 0.6 is 0 Å². The van der Waals surface area contributed by atoms with E-state index in [-0.39, 0.29) is 0 Å². The number of nitrogens with zero attached hydrogens (tertiary/aromatic N) is 2. The summed E-state index contributed by atoms with van der Waals surface area (Å²) in [5.74, 6) is -0.651. The molecule has 4 nitrogen and oxygen atoms in total. The van der Waals surface area contributed by atoms with Crippen LogP contribution in [0.25, 0.3) is 0 Å². The molecule has 0 saturated carbocycles. The summed E-state index contributed by atoms with van der Waals surface area (Å²) in [4.78, 5) is 16.0. The van der Waals surface area contributed by atoms with Gasteiger partial charge in [0.15, 0.2) is 0 Å². The van der Waals surface area contributed by atoms with Gasteiger partial charge in [-0.3, -0.25) is 9.69 Å². The quantitative estimate of drug-likeness (QED) is 0.763. The summed E-state index contributed by atoms with van der Waals surface area (Å²) < 4.78 is 0. The van der Waals surface area contributed by atoms with E-state index in [0.29, 0.717) is 6.04 Å². The van der Waals surface area contributed by atoms with E-state index < -0.39 is 11.5 Å². The minimum absolute atomic E-state index is 0.436. The molecule has 4 heteroatoms. The van der Waals surface area contributed by atoms with E-state index in [2.05, 4.69) is 16.8 Å². The van der Waals surface area contributed by atoms with Gasteiger partial charge >= 0.3 is 5.97 Å². The van der Waals surface area contributed by atoms with Crippen molar-refractivity contribution in [3.8, 4) is 0 Å². The molecule has 1 N–H and O–H groups in total. The van der Waals surface area contributed by atoms with Crippen LogP contribution in [0.1, 0.15) is 32.6 Å². The Balaban J connectivity index is 2.13. The maximum Gasteiger partial charge on any atom is 0.323 e. The molecule has 0 aromatic rings. The SMILES string of the molecule is CN1CCC(N2CCCCC2(C)C(=O)O)C1. The van der Waals surface area contributed by atoms with Gasteiger partial charge in [0.05, 0.1) is 0 Å². The van der Waals surface area contributed by atoms with E-state index in [4.69, 9.17) is 0 Å². The Morgan fingerprint density at radius 1 is 1.38 bits per heavy atom. The van der Waals surface area contributed by atoms with Crippen LogP contribution in [0, 0.1) is 0 Å². The minimum Gasteiger partial charge on any atom is -0.480 e. The van der Waals surface area contributed by atoms with E-state index >= 15 is 0 Å². The number of rotatable bonds is 2. The normalized spacial score (nSPS) is 37.8. The zero-order valence-corrected chi connectivity index (χ0v) is 10.3. The maximum absolute atomic E-state index is 11.5. The van der Waals surface area contributed by atoms with Crippen molar-refractivity contribution < 1.29 is 9.90 Å². The second kappa shape index (κ2) is 4.34. The Bertz CT molecular complexity index is 282. The summed E-state index contributed by atoms with van der Waals surface area (Å²) in [6.07, 6.45) is 4.09. The number of piperidine rings is 1. The van der Waals surface area contributed by atoms with E-state index in [0.717, 1.165) is 45.3 Å². The molecular weight excluding hydrogens is 204 g/mol. The number of carboxylic acids is 1. The smallest absolute Gasteiger partial charge is 0.323 e. The van der Waals surface area contributed by atoms with Crippen LogP contribution in [0.15, 0.2) is 0 Å². The molecule has 2 heterocycles. The van der Waals surface area contributed by atoms with Crippen LogP contribution in [0.2, 0.25) is 0 Å². The van der Waals surface area contributed by atoms with E-state index in [1.807, 2.05) is 6.92 Å². The Labute approximate surface area is 97.2 Å². The van der Waals surface area contributed by atoms with Crippen LogP contribution in [0.3, 0.4) is 0 Å². The van der Waals surface area contributed by atoms with Gasteiger partial charge in [-0.1, -0.05) is 0 Å². The predicted octanol–water partition coefficient (Wildman–Crippen LogP) is 1.02. The first-order valence-corrected chi connectivity index (χ1v) is 6.23. The van der Waals surface area contributed by atoms with Crippen LogP contribution < -0.4 is 0 Å². The van der Waals surface area contributed by atoms with Gasteiger partial charge in [-0.25, -0.2) is 0 Å². The van der Waals surface area contributed by atoms with Crippen molar-refractivity contribution in [1.82, 2.24) is 9.80 Å². The summed E-state index contributed by atoms with van der Waals surface area (Å²) in [5, 5.41) is 9.44. The lowest BCUT2D eigenvalue weighted by atomic mass is 9.86. The molecule has 0 radical (unpaired) electrons. The molecule has 0 aliphatic carbocycles. The molecule has 0 bridgehead atoms. The van der Waals surface area contributed by atoms with Crippen molar-refractivity contribution in [3.63, 3.8) is 0 Å². The first-order chi connectivity index (χ1) is 7.54. The van der Waals surface area contributed by atoms with Gasteiger partial charge in [0, 0.05) is 12.6 Å². The number of aliphatic carboxylic acids is 1. The number of likely N-dealkylation sites (tertiary alicyclic amines) is 2. The summed E-state index contributed by atoms with van der Waals surface area (Å²) in [6, 6.07) is 0.436. The molecule has 2 aliphatic heterocycles. The number of hydrogen-bond donors (Lipinski definition) is 1. The fourth-order valence-corrected chi connectivity index (χ4v) is 3.12. The van der Waals surface area contributed by atoms with Gasteiger partial charge in [0.25, 0.3) is 0 Å². The van der Waals surface area contributed by atoms with Crippen molar-refractivity contribution in [1.29, 1.82) is 0 Å². The number of carbonyl (C=O) groups is 1. The van der Waals surface area contributed by atoms with E-state index in [1.54, 1.807) is 0 Å². The number of hydrogen-bond acceptors (Lipinski definition) is 3. The average molecular weight is 226 g/mol. The molecular formula is C12H22N2O2. The highest BCUT2D eigenvalue weighted by molar-refractivity contribution is 5.78. The lowest BCUT2D eigenvalue weighted by Gasteiger charge is -2.45. The zero-order valence-electron chi connectivity index (χ0n) is 10.3. The lowest BCUT2D eigenvalue weighted by Crippen LogP contribution is -2.59. The molecule has 0 amide bonds. The van der Waals surface area contributed by atoms with Crippen LogP contribution in [-0.4, -0.2) is 59.1 Å². The third-order valence-corrected chi connectivity index (χ3v) is 4.21. The molecule has 92 valence electrons. The number of carboxylic acid groups (broad SMARTS) is 1. The van der Waals surface area contributed by atoms with Gasteiger partial charge in [-0.15, -0.1) is 0 Å². The van der Waals surface area contributed by atoms with E-state index in [1.165, 1.54) is 0 Å². The summed E-state index contributed by atoms with van der Waals surface area (Å²) >= 11 is 0. The third kappa shape index (κ3) is 1.96. The van der Waals surface area contributed by atoms with Gasteiger partial charge in [-0.2, -0.15) is 0 Å². The highest BCUT2D eigenvalue weighted by atomic mass is 16.4. The van der Waals surface area contributed by atoms with Crippen LogP contribution in [-0.2, 0) is 4.79 Å². The van der Waals surface area contributed by atoms with Gasteiger partial charge in [0.2, 0.25) is 0 Å². The molecule has 2 aliphatic rings. The molecule has 0 spiro atoms. The fraction of sp³-hybridized carbons (Fsp3) is 0.917. The first-order valence-electron chi connectivity index (χ1n) is 6.23. The van der Waals surface area contributed by atoms with Crippen molar-refractivity contribution in [2.24, 2.45) is 0 Å². The Morgan fingerprint density at radius 2 is 2.12 bits per heavy atom. The molecule has 2 saturated heterocycles. The van der Waals surface area contributed by atoms with Crippen molar-refractivity contribution in [3.05, 3.63) is 0 Å². The molecule has 0 aromatic heterocycles. The van der Waals surface area contributed by atoms with E-state index in [9.17, 15) is 9.90 Å². The zero-order chi connectivity index (χ0) is 11.8. The molecule has 2 atom stereocenters. The van der Waals surface area contributed by atoms with Gasteiger partial charge < -0.3 is 10.0 Å². The molecule has 16 heavy (non-hydrogen) atoms. The largest absolute Gasteiger partial charge is 0.480 e. The second-order valence-electron chi connectivity index (χ2n) is 5.43. The van der Waals surface area contributed by atoms with Crippen molar-refractivity contribution >= 4 is 5.97 Å². The monoisotopic (exact) mass is 226 g/mol. The summed E-state index contributed by atoms with van der Waals surface area (Å²) in [6.45, 7) is 4.95. The fourth-order valence-electron chi connectivity index (χ4n) is 3.12. The lowest BCUT2D eigenvalue weighted by molar-refractivity contribution is -0.154. The number of likely N-dealkylation sites (N-methyl/N-ethyl adjacent to an activating group) is 1. The standard InChI is InChI=1S/C12H22N2O2/c1-12(11(15)16)6-3-4-7-14(12)10-5-8-13(2)9-10/h10H,3-9H2,1-2H3,(H,15,16). The van der Waals surface area contributed by atoms with Gasteiger partial charge in [0.1, 0.15) is 5.54 Å². The Kier molecular flexibility index (Phi) is 3.22. The van der Waals surface area contributed by atoms with Crippen LogP contribution in [0.5, 0.6) is 0 Å². The average Bonchev–Trinajstić information content (AvgIpc) is 2.65. The highest BCUT2D eigenvalue weighted by Gasteiger charge is 2.45. The van der Waals surface area contributed by atoms with Crippen molar-refractivity contribution in [2.45, 2.75) is 44.2 Å². The topological polar surface area (TPSA) is 43.8 Å². The second-order valence-corrected chi connectivity index (χ2v) is 5.43. The van der Waals surface area contributed by atoms with Crippen molar-refractivity contribution in [2.75, 3.05) is 26.7 Å². The maximum atomic E-state index is 11.5. The predicted molar refractivity (Wildman–Crippen MR) is 62.5 cm³/mol. The third-order valence-electron chi connectivity index (χ3n) is 4.21. The Hall–Kier alpha value is -0.610. The van der Waals surface area contributed by atoms with Crippen LogP contribution in [0.4, 0.5) is 0 Å². The first kappa shape index (κ1) is 11.9. The molecule has 2 unspecified atom stereocenters. The molecule has 0 aromatic carbocycles. The summed E-state index contributed by atoms with van der Waals surface area (Å²) in [7, 11) is 2.11. The van der Waals surface area contributed by atoms with Gasteiger partial charge in [-0.05, 0) is 52.7 Å².